The van der Waals surface area contributed by atoms with E-state index in [4.69, 9.17) is 0 Å². The Morgan fingerprint density at radius 3 is 2.50 bits per heavy atom. The molecule has 150 valence electrons. The largest absolute Gasteiger partial charge is 0.327 e. The molecule has 1 amide bonds. The van der Waals surface area contributed by atoms with E-state index in [1.165, 1.54) is 17.0 Å². The first-order valence-electron chi connectivity index (χ1n) is 9.27. The Kier molecular flexibility index (Phi) is 5.72. The van der Waals surface area contributed by atoms with E-state index in [2.05, 4.69) is 25.9 Å². The molecule has 0 bridgehead atoms. The van der Waals surface area contributed by atoms with E-state index >= 15 is 0 Å². The molecule has 0 atom stereocenters. The van der Waals surface area contributed by atoms with E-state index < -0.39 is 11.7 Å². The molecule has 30 heavy (non-hydrogen) atoms. The van der Waals surface area contributed by atoms with E-state index in [1.807, 2.05) is 30.3 Å². The number of halogens is 2. The maximum Gasteiger partial charge on any atom is 0.258 e. The van der Waals surface area contributed by atoms with E-state index in [0.717, 1.165) is 5.56 Å². The number of nitrogens with zero attached hydrogens (tertiary/aromatic N) is 2. The lowest BCUT2D eigenvalue weighted by Gasteiger charge is -2.23. The van der Waals surface area contributed by atoms with E-state index in [0.29, 0.717) is 21.2 Å². The van der Waals surface area contributed by atoms with Crippen molar-refractivity contribution in [2.45, 2.75) is 13.1 Å². The van der Waals surface area contributed by atoms with Gasteiger partial charge < -0.3 is 9.88 Å². The van der Waals surface area contributed by atoms with Crippen molar-refractivity contribution in [3.63, 3.8) is 0 Å². The second-order valence-electron chi connectivity index (χ2n) is 6.80. The number of aromatic amines is 1. The van der Waals surface area contributed by atoms with Crippen molar-refractivity contribution in [2.75, 3.05) is 0 Å². The number of hydrogen-bond acceptors (Lipinski definition) is 3. The molecule has 0 aliphatic rings. The highest BCUT2D eigenvalue weighted by atomic mass is 79.9. The van der Waals surface area contributed by atoms with Gasteiger partial charge in [0.1, 0.15) is 11.6 Å². The zero-order chi connectivity index (χ0) is 21.1. The van der Waals surface area contributed by atoms with Gasteiger partial charge in [0.25, 0.3) is 11.5 Å². The number of hydrogen-bond donors (Lipinski definition) is 1. The number of fused-ring (bicyclic) bond motifs is 1. The minimum absolute atomic E-state index is 0.0311. The summed E-state index contributed by atoms with van der Waals surface area (Å²) in [4.78, 5) is 34.3. The summed E-state index contributed by atoms with van der Waals surface area (Å²) in [6, 6.07) is 20.7. The van der Waals surface area contributed by atoms with Gasteiger partial charge in [-0.1, -0.05) is 58.4 Å². The van der Waals surface area contributed by atoms with Crippen molar-refractivity contribution in [1.82, 2.24) is 14.9 Å². The summed E-state index contributed by atoms with van der Waals surface area (Å²) < 4.78 is 15.0. The third-order valence-electron chi connectivity index (χ3n) is 4.67. The summed E-state index contributed by atoms with van der Waals surface area (Å²) >= 11 is 3.21. The third-order valence-corrected chi connectivity index (χ3v) is 5.16. The number of rotatable bonds is 5. The van der Waals surface area contributed by atoms with Crippen LogP contribution >= 0.6 is 15.9 Å². The molecule has 4 rings (SSSR count). The van der Waals surface area contributed by atoms with Crippen molar-refractivity contribution in [3.8, 4) is 0 Å². The fourth-order valence-corrected chi connectivity index (χ4v) is 3.56. The predicted octanol–water partition coefficient (Wildman–Crippen LogP) is 4.67. The molecule has 0 spiro atoms. The number of carbonyl (C=O) groups excluding carboxylic acids is 1. The molecule has 0 unspecified atom stereocenters. The first-order valence-corrected chi connectivity index (χ1v) is 10.1. The van der Waals surface area contributed by atoms with E-state index in [9.17, 15) is 14.0 Å². The SMILES string of the molecule is O=C(c1ccc(Br)cc1F)N(Cc1ccccc1)Cc1nc2ccccc2c(=O)[nH]1. The van der Waals surface area contributed by atoms with Crippen LogP contribution in [0.3, 0.4) is 0 Å². The fourth-order valence-electron chi connectivity index (χ4n) is 3.23. The number of nitrogens with one attached hydrogen (secondary N) is 1. The minimum atomic E-state index is -0.618. The van der Waals surface area contributed by atoms with Gasteiger partial charge in [-0.2, -0.15) is 0 Å². The van der Waals surface area contributed by atoms with Crippen molar-refractivity contribution in [2.24, 2.45) is 0 Å². The predicted molar refractivity (Wildman–Crippen MR) is 116 cm³/mol. The molecule has 0 aliphatic heterocycles. The lowest BCUT2D eigenvalue weighted by Crippen LogP contribution is -2.32. The molecule has 0 saturated carbocycles. The summed E-state index contributed by atoms with van der Waals surface area (Å²) in [5.41, 5.74) is 1.10. The van der Waals surface area contributed by atoms with Crippen LogP contribution in [0, 0.1) is 5.82 Å². The van der Waals surface area contributed by atoms with Crippen LogP contribution in [0.1, 0.15) is 21.7 Å². The topological polar surface area (TPSA) is 66.1 Å². The van der Waals surface area contributed by atoms with Crippen LogP contribution in [0.5, 0.6) is 0 Å². The molecule has 0 radical (unpaired) electrons. The molecule has 1 heterocycles. The standard InChI is InChI=1S/C23H17BrFN3O2/c24-16-10-11-17(19(25)12-16)23(30)28(13-15-6-2-1-3-7-15)14-21-26-20-9-5-4-8-18(20)22(29)27-21/h1-12H,13-14H2,(H,26,27,29). The van der Waals surface area contributed by atoms with Crippen LogP contribution < -0.4 is 5.56 Å². The van der Waals surface area contributed by atoms with Gasteiger partial charge in [0.15, 0.2) is 0 Å². The van der Waals surface area contributed by atoms with Gasteiger partial charge in [0, 0.05) is 11.0 Å². The average molecular weight is 466 g/mol. The van der Waals surface area contributed by atoms with Crippen molar-refractivity contribution >= 4 is 32.7 Å². The number of benzene rings is 3. The Morgan fingerprint density at radius 2 is 1.73 bits per heavy atom. The Bertz CT molecular complexity index is 1270. The molecule has 0 saturated heterocycles. The summed E-state index contributed by atoms with van der Waals surface area (Å²) in [5.74, 6) is -0.771. The van der Waals surface area contributed by atoms with E-state index in [1.54, 1.807) is 30.3 Å². The molecule has 1 N–H and O–H groups in total. The maximum absolute atomic E-state index is 14.5. The average Bonchev–Trinajstić information content (AvgIpc) is 2.74. The molecular weight excluding hydrogens is 449 g/mol. The molecule has 5 nitrogen and oxygen atoms in total. The third kappa shape index (κ3) is 4.31. The first-order chi connectivity index (χ1) is 14.5. The lowest BCUT2D eigenvalue weighted by molar-refractivity contribution is 0.0720. The van der Waals surface area contributed by atoms with Gasteiger partial charge in [0.2, 0.25) is 0 Å². The van der Waals surface area contributed by atoms with Gasteiger partial charge in [-0.15, -0.1) is 0 Å². The second kappa shape index (κ2) is 8.59. The normalized spacial score (nSPS) is 10.9. The Morgan fingerprint density at radius 1 is 1.00 bits per heavy atom. The quantitative estimate of drug-likeness (QED) is 0.465. The van der Waals surface area contributed by atoms with Gasteiger partial charge in [-0.3, -0.25) is 9.59 Å². The molecule has 7 heteroatoms. The smallest absolute Gasteiger partial charge is 0.258 e. The van der Waals surface area contributed by atoms with E-state index in [-0.39, 0.29) is 24.2 Å². The van der Waals surface area contributed by atoms with Gasteiger partial charge in [0.05, 0.1) is 23.0 Å². The van der Waals surface area contributed by atoms with Gasteiger partial charge in [-0.25, -0.2) is 9.37 Å². The summed E-state index contributed by atoms with van der Waals surface area (Å²) in [7, 11) is 0. The van der Waals surface area contributed by atoms with Crippen LogP contribution in [-0.2, 0) is 13.1 Å². The van der Waals surface area contributed by atoms with Crippen LogP contribution in [-0.4, -0.2) is 20.8 Å². The summed E-state index contributed by atoms with van der Waals surface area (Å²) in [6.07, 6.45) is 0. The Labute approximate surface area is 180 Å². The zero-order valence-corrected chi connectivity index (χ0v) is 17.4. The molecular formula is C23H17BrFN3O2. The monoisotopic (exact) mass is 465 g/mol. The van der Waals surface area contributed by atoms with Gasteiger partial charge in [-0.05, 0) is 35.9 Å². The number of H-pyrrole nitrogens is 1. The number of carbonyl (C=O) groups is 1. The van der Waals surface area contributed by atoms with Crippen LogP contribution in [0.4, 0.5) is 4.39 Å². The van der Waals surface area contributed by atoms with Crippen LogP contribution in [0.2, 0.25) is 0 Å². The van der Waals surface area contributed by atoms with Crippen LogP contribution in [0.15, 0.2) is 82.1 Å². The highest BCUT2D eigenvalue weighted by molar-refractivity contribution is 9.10. The Hall–Kier alpha value is -3.32. The highest BCUT2D eigenvalue weighted by Gasteiger charge is 2.21. The number of amides is 1. The molecule has 1 aromatic heterocycles. The van der Waals surface area contributed by atoms with Crippen LogP contribution in [0.25, 0.3) is 10.9 Å². The number of para-hydroxylation sites is 1. The molecule has 0 aliphatic carbocycles. The van der Waals surface area contributed by atoms with Crippen molar-refractivity contribution in [1.29, 1.82) is 0 Å². The lowest BCUT2D eigenvalue weighted by atomic mass is 10.1. The fraction of sp³-hybridized carbons (Fsp3) is 0.0870. The molecule has 4 aromatic rings. The minimum Gasteiger partial charge on any atom is -0.327 e. The van der Waals surface area contributed by atoms with Crippen molar-refractivity contribution in [3.05, 3.63) is 110 Å². The first kappa shape index (κ1) is 20.0. The van der Waals surface area contributed by atoms with Crippen molar-refractivity contribution < 1.29 is 9.18 Å². The summed E-state index contributed by atoms with van der Waals surface area (Å²) in [5, 5.41) is 0.473. The van der Waals surface area contributed by atoms with Gasteiger partial charge >= 0.3 is 0 Å². The maximum atomic E-state index is 14.5. The number of aromatic nitrogens is 2. The Balaban J connectivity index is 1.72. The molecule has 3 aromatic carbocycles. The highest BCUT2D eigenvalue weighted by Crippen LogP contribution is 2.19. The second-order valence-corrected chi connectivity index (χ2v) is 7.72. The summed E-state index contributed by atoms with van der Waals surface area (Å²) in [6.45, 7) is 0.273. The molecule has 0 fully saturated rings. The zero-order valence-electron chi connectivity index (χ0n) is 15.8.